The molecule has 1 nitrogen and oxygen atoms in total. The smallest absolute Gasteiger partial charge is 0.126 e. The summed E-state index contributed by atoms with van der Waals surface area (Å²) in [5.41, 5.74) is 1.63. The van der Waals surface area contributed by atoms with Crippen LogP contribution in [0.15, 0.2) is 18.2 Å². The van der Waals surface area contributed by atoms with Gasteiger partial charge in [0, 0.05) is 6.61 Å². The summed E-state index contributed by atoms with van der Waals surface area (Å²) >= 11 is 0. The van der Waals surface area contributed by atoms with Crippen molar-refractivity contribution in [1.29, 1.82) is 0 Å². The number of halogens is 1. The number of benzene rings is 1. The Morgan fingerprint density at radius 1 is 1.43 bits per heavy atom. The lowest BCUT2D eigenvalue weighted by atomic mass is 10.0. The van der Waals surface area contributed by atoms with E-state index in [0.717, 1.165) is 18.6 Å². The highest BCUT2D eigenvalue weighted by molar-refractivity contribution is 5.28. The van der Waals surface area contributed by atoms with Crippen LogP contribution in [0.3, 0.4) is 0 Å². The molecule has 0 aliphatic heterocycles. The van der Waals surface area contributed by atoms with Crippen LogP contribution < -0.4 is 0 Å². The second-order valence-electron chi connectivity index (χ2n) is 3.47. The average Bonchev–Trinajstić information content (AvgIpc) is 2.18. The highest BCUT2D eigenvalue weighted by Gasteiger charge is 2.10. The molecule has 0 amide bonds. The van der Waals surface area contributed by atoms with E-state index in [2.05, 4.69) is 6.92 Å². The molecule has 78 valence electrons. The Morgan fingerprint density at radius 3 is 2.79 bits per heavy atom. The van der Waals surface area contributed by atoms with Gasteiger partial charge in [0.15, 0.2) is 0 Å². The van der Waals surface area contributed by atoms with Crippen LogP contribution in [0.5, 0.6) is 0 Å². The molecule has 2 heteroatoms. The first-order valence-electron chi connectivity index (χ1n) is 5.03. The highest BCUT2D eigenvalue weighted by atomic mass is 19.1. The van der Waals surface area contributed by atoms with Gasteiger partial charge in [-0.05, 0) is 37.5 Å². The average molecular weight is 196 g/mol. The predicted molar refractivity (Wildman–Crippen MR) is 55.8 cm³/mol. The standard InChI is InChI=1S/C12H17FO/c1-4-8-14-10(3)11-6-5-7-12(13)9(11)2/h5-7,10H,4,8H2,1-3H3/t10-/m0/s1. The molecule has 0 aliphatic carbocycles. The maximum absolute atomic E-state index is 13.2. The second-order valence-corrected chi connectivity index (χ2v) is 3.47. The van der Waals surface area contributed by atoms with Crippen LogP contribution in [-0.2, 0) is 4.74 Å². The summed E-state index contributed by atoms with van der Waals surface area (Å²) in [5.74, 6) is -0.158. The quantitative estimate of drug-likeness (QED) is 0.714. The molecule has 0 saturated carbocycles. The van der Waals surface area contributed by atoms with Gasteiger partial charge in [-0.1, -0.05) is 19.1 Å². The van der Waals surface area contributed by atoms with Crippen LogP contribution >= 0.6 is 0 Å². The molecular formula is C12H17FO. The van der Waals surface area contributed by atoms with Crippen molar-refractivity contribution >= 4 is 0 Å². The van der Waals surface area contributed by atoms with Crippen molar-refractivity contribution < 1.29 is 9.13 Å². The zero-order valence-electron chi connectivity index (χ0n) is 9.01. The van der Waals surface area contributed by atoms with Gasteiger partial charge in [0.1, 0.15) is 5.82 Å². The number of ether oxygens (including phenoxy) is 1. The lowest BCUT2D eigenvalue weighted by molar-refractivity contribution is 0.0656. The fraction of sp³-hybridized carbons (Fsp3) is 0.500. The van der Waals surface area contributed by atoms with E-state index in [9.17, 15) is 4.39 Å². The third-order valence-electron chi connectivity index (χ3n) is 2.32. The topological polar surface area (TPSA) is 9.23 Å². The van der Waals surface area contributed by atoms with Gasteiger partial charge in [0.25, 0.3) is 0 Å². The molecule has 0 heterocycles. The van der Waals surface area contributed by atoms with Gasteiger partial charge in [-0.2, -0.15) is 0 Å². The maximum atomic E-state index is 13.2. The summed E-state index contributed by atoms with van der Waals surface area (Å²) in [5, 5.41) is 0. The van der Waals surface area contributed by atoms with Gasteiger partial charge >= 0.3 is 0 Å². The highest BCUT2D eigenvalue weighted by Crippen LogP contribution is 2.22. The summed E-state index contributed by atoms with van der Waals surface area (Å²) in [7, 11) is 0. The molecule has 0 spiro atoms. The SMILES string of the molecule is CCCO[C@@H](C)c1cccc(F)c1C. The van der Waals surface area contributed by atoms with Crippen LogP contribution in [0, 0.1) is 12.7 Å². The third kappa shape index (κ3) is 2.55. The van der Waals surface area contributed by atoms with Crippen LogP contribution in [0.1, 0.15) is 37.5 Å². The van der Waals surface area contributed by atoms with Gasteiger partial charge in [-0.3, -0.25) is 0 Å². The maximum Gasteiger partial charge on any atom is 0.126 e. The first-order valence-corrected chi connectivity index (χ1v) is 5.03. The molecule has 1 aromatic carbocycles. The Morgan fingerprint density at radius 2 is 2.14 bits per heavy atom. The lowest BCUT2D eigenvalue weighted by Crippen LogP contribution is -2.04. The van der Waals surface area contributed by atoms with Crippen molar-refractivity contribution in [3.8, 4) is 0 Å². The normalized spacial score (nSPS) is 12.9. The van der Waals surface area contributed by atoms with Crippen molar-refractivity contribution in [3.05, 3.63) is 35.1 Å². The van der Waals surface area contributed by atoms with E-state index in [1.165, 1.54) is 6.07 Å². The van der Waals surface area contributed by atoms with E-state index in [4.69, 9.17) is 4.74 Å². The van der Waals surface area contributed by atoms with E-state index >= 15 is 0 Å². The molecule has 0 radical (unpaired) electrons. The minimum atomic E-state index is -0.158. The number of hydrogen-bond donors (Lipinski definition) is 0. The fourth-order valence-electron chi connectivity index (χ4n) is 1.45. The molecule has 0 fully saturated rings. The van der Waals surface area contributed by atoms with Crippen LogP contribution in [-0.4, -0.2) is 6.61 Å². The molecule has 0 N–H and O–H groups in total. The monoisotopic (exact) mass is 196 g/mol. The summed E-state index contributed by atoms with van der Waals surface area (Å²) in [6.07, 6.45) is 0.962. The summed E-state index contributed by atoms with van der Waals surface area (Å²) in [6, 6.07) is 5.12. The van der Waals surface area contributed by atoms with Crippen molar-refractivity contribution in [2.24, 2.45) is 0 Å². The van der Waals surface area contributed by atoms with Gasteiger partial charge in [0.2, 0.25) is 0 Å². The van der Waals surface area contributed by atoms with E-state index in [1.807, 2.05) is 13.0 Å². The van der Waals surface area contributed by atoms with Crippen molar-refractivity contribution in [2.75, 3.05) is 6.61 Å². The zero-order valence-corrected chi connectivity index (χ0v) is 9.01. The third-order valence-corrected chi connectivity index (χ3v) is 2.32. The Kier molecular flexibility index (Phi) is 4.08. The van der Waals surface area contributed by atoms with E-state index in [-0.39, 0.29) is 11.9 Å². The minimum absolute atomic E-state index is 0.0225. The van der Waals surface area contributed by atoms with E-state index < -0.39 is 0 Å². The van der Waals surface area contributed by atoms with Crippen LogP contribution in [0.2, 0.25) is 0 Å². The van der Waals surface area contributed by atoms with E-state index in [0.29, 0.717) is 5.56 Å². The number of rotatable bonds is 4. The zero-order chi connectivity index (χ0) is 10.6. The Hall–Kier alpha value is -0.890. The van der Waals surface area contributed by atoms with Crippen molar-refractivity contribution in [1.82, 2.24) is 0 Å². The largest absolute Gasteiger partial charge is 0.374 e. The molecule has 1 aromatic rings. The molecule has 0 saturated heterocycles. The lowest BCUT2D eigenvalue weighted by Gasteiger charge is -2.15. The van der Waals surface area contributed by atoms with E-state index in [1.54, 1.807) is 13.0 Å². The van der Waals surface area contributed by atoms with Gasteiger partial charge in [-0.15, -0.1) is 0 Å². The Bertz CT molecular complexity index is 296. The first kappa shape index (κ1) is 11.2. The molecule has 0 bridgehead atoms. The van der Waals surface area contributed by atoms with Crippen LogP contribution in [0.25, 0.3) is 0 Å². The summed E-state index contributed by atoms with van der Waals surface area (Å²) in [4.78, 5) is 0. The molecule has 0 unspecified atom stereocenters. The molecule has 1 atom stereocenters. The molecule has 14 heavy (non-hydrogen) atoms. The van der Waals surface area contributed by atoms with Crippen molar-refractivity contribution in [3.63, 3.8) is 0 Å². The molecule has 1 rings (SSSR count). The Balaban J connectivity index is 2.79. The minimum Gasteiger partial charge on any atom is -0.374 e. The van der Waals surface area contributed by atoms with Crippen molar-refractivity contribution in [2.45, 2.75) is 33.3 Å². The predicted octanol–water partition coefficient (Wildman–Crippen LogP) is 3.62. The molecular weight excluding hydrogens is 179 g/mol. The Labute approximate surface area is 84.9 Å². The summed E-state index contributed by atoms with van der Waals surface area (Å²) < 4.78 is 18.8. The van der Waals surface area contributed by atoms with Gasteiger partial charge in [-0.25, -0.2) is 4.39 Å². The number of hydrogen-bond acceptors (Lipinski definition) is 1. The molecule has 0 aromatic heterocycles. The summed E-state index contributed by atoms with van der Waals surface area (Å²) in [6.45, 7) is 6.52. The second kappa shape index (κ2) is 5.11. The van der Waals surface area contributed by atoms with Crippen LogP contribution in [0.4, 0.5) is 4.39 Å². The first-order chi connectivity index (χ1) is 6.66. The van der Waals surface area contributed by atoms with Gasteiger partial charge < -0.3 is 4.74 Å². The molecule has 0 aliphatic rings. The fourth-order valence-corrected chi connectivity index (χ4v) is 1.45. The van der Waals surface area contributed by atoms with Gasteiger partial charge in [0.05, 0.1) is 6.10 Å².